The lowest BCUT2D eigenvalue weighted by molar-refractivity contribution is -0.155. The molecule has 0 unspecified atom stereocenters. The van der Waals surface area contributed by atoms with Crippen LogP contribution in [0.25, 0.3) is 27.5 Å². The van der Waals surface area contributed by atoms with Crippen LogP contribution in [0.2, 0.25) is 0 Å². The molecular formula is C43H51N3O11. The number of aliphatic hydroxyl groups excluding tert-OH is 2. The third-order valence-corrected chi connectivity index (χ3v) is 11.8. The summed E-state index contributed by atoms with van der Waals surface area (Å²) in [5.74, 6) is -8.00. The molecule has 0 spiro atoms. The second-order valence-electron chi connectivity index (χ2n) is 15.6. The Kier molecular flexibility index (Phi) is 11.2. The minimum Gasteiger partial charge on any atom is -0.507 e. The van der Waals surface area contributed by atoms with Gasteiger partial charge in [0.05, 0.1) is 48.6 Å². The number of carbonyl (C=O) groups excluding carboxylic acids is 3. The smallest absolute Gasteiger partial charge is 0.312 e. The number of aromatic hydroxyl groups is 2. The number of hydrogen-bond acceptors (Lipinski definition) is 12. The number of Topliss-reactive ketones (excluding diaryl/α,β-unsaturated/α-hetero) is 1. The van der Waals surface area contributed by atoms with E-state index in [2.05, 4.69) is 5.32 Å². The number of pyridine rings is 1. The summed E-state index contributed by atoms with van der Waals surface area (Å²) < 4.78 is 24.9. The lowest BCUT2D eigenvalue weighted by Crippen LogP contribution is -2.45. The number of nitrogens with zero attached hydrogens (tertiary/aromatic N) is 2. The van der Waals surface area contributed by atoms with Crippen LogP contribution in [-0.4, -0.2) is 85.8 Å². The molecule has 0 fully saturated rings. The van der Waals surface area contributed by atoms with Crippen LogP contribution in [0.1, 0.15) is 63.0 Å². The number of aromatic nitrogens is 2. The zero-order valence-corrected chi connectivity index (χ0v) is 33.8. The number of rotatable bonds is 2. The molecule has 0 radical (unpaired) electrons. The molecule has 4 heterocycles. The summed E-state index contributed by atoms with van der Waals surface area (Å²) in [6.45, 7) is 13.4. The first kappa shape index (κ1) is 41.2. The van der Waals surface area contributed by atoms with E-state index < -0.39 is 77.1 Å². The standard InChI is InChI=1S/C43H51N3O11/c1-19-14-16-46-27(18-19)44-32-29-30-37(49)25(7)39-31(29)40(51)43(8,57-39)56-17-15-26(54-9)22(4)28(42(53)55-10)23(5)36(48)24(6)35(47)20(2)12-11-13-21(3)41(52)45-33(34(32)46)38(30)50/h11-18,20,22-24,26,28,35-36,47-50H,1-10H3,(H,45,52)/b12-11-,17-15-,21-13-/t20-,22+,23-,24-,26+,28+,35-,36-,43+/m1/s1. The first-order chi connectivity index (χ1) is 26.9. The molecule has 6 rings (SSSR count). The lowest BCUT2D eigenvalue weighted by Gasteiger charge is -2.37. The van der Waals surface area contributed by atoms with Gasteiger partial charge in [0.2, 0.25) is 0 Å². The summed E-state index contributed by atoms with van der Waals surface area (Å²) in [4.78, 5) is 46.5. The maximum atomic E-state index is 14.6. The van der Waals surface area contributed by atoms with E-state index in [1.54, 1.807) is 69.5 Å². The van der Waals surface area contributed by atoms with E-state index in [0.29, 0.717) is 5.65 Å². The van der Waals surface area contributed by atoms with E-state index in [1.807, 2.05) is 13.0 Å². The van der Waals surface area contributed by atoms with Crippen LogP contribution in [-0.2, 0) is 23.8 Å². The van der Waals surface area contributed by atoms with Gasteiger partial charge in [-0.05, 0) is 56.4 Å². The predicted molar refractivity (Wildman–Crippen MR) is 213 cm³/mol. The lowest BCUT2D eigenvalue weighted by atomic mass is 9.73. The van der Waals surface area contributed by atoms with Gasteiger partial charge in [-0.25, -0.2) is 4.98 Å². The van der Waals surface area contributed by atoms with E-state index in [1.165, 1.54) is 40.4 Å². The van der Waals surface area contributed by atoms with Crippen LogP contribution in [0.3, 0.4) is 0 Å². The summed E-state index contributed by atoms with van der Waals surface area (Å²) in [6.07, 6.45) is 6.39. The molecule has 57 heavy (non-hydrogen) atoms. The van der Waals surface area contributed by atoms with Gasteiger partial charge in [-0.1, -0.05) is 45.9 Å². The molecule has 9 atom stereocenters. The van der Waals surface area contributed by atoms with Crippen molar-refractivity contribution in [1.29, 1.82) is 0 Å². The molecule has 304 valence electrons. The number of carbonyl (C=O) groups is 3. The number of phenols is 2. The third kappa shape index (κ3) is 6.89. The molecule has 2 aliphatic rings. The highest BCUT2D eigenvalue weighted by atomic mass is 16.7. The van der Waals surface area contributed by atoms with E-state index in [-0.39, 0.29) is 55.7 Å². The molecule has 0 saturated carbocycles. The van der Waals surface area contributed by atoms with Crippen molar-refractivity contribution < 1.29 is 53.8 Å². The summed E-state index contributed by atoms with van der Waals surface area (Å²) in [5, 5.41) is 49.4. The minimum absolute atomic E-state index is 0.0147. The zero-order valence-electron chi connectivity index (χ0n) is 33.8. The second-order valence-corrected chi connectivity index (χ2v) is 15.6. The molecule has 14 heteroatoms. The molecule has 5 N–H and O–H groups in total. The van der Waals surface area contributed by atoms with Crippen molar-refractivity contribution >= 4 is 50.8 Å². The SMILES string of the molecule is COC(=O)[C@H]1[C@@H](C)[C@@H](OC)/C=C\O[C@@]2(C)Oc3c(C)c(O)c4c(O)c(c5c(nc6cc(C)ccn65)c4c3C2=O)NC(=O)/C(C)=C\C=C/[C@@H](C)[C@@H](O)[C@@H](C)[C@H](O)[C@@H]1C. The van der Waals surface area contributed by atoms with Gasteiger partial charge in [-0.3, -0.25) is 18.8 Å². The fourth-order valence-electron chi connectivity index (χ4n) is 8.22. The molecule has 2 aromatic heterocycles. The van der Waals surface area contributed by atoms with Crippen molar-refractivity contribution in [2.24, 2.45) is 29.6 Å². The monoisotopic (exact) mass is 785 g/mol. The second kappa shape index (κ2) is 15.5. The highest BCUT2D eigenvalue weighted by Crippen LogP contribution is 2.54. The normalized spacial score (nSPS) is 30.8. The summed E-state index contributed by atoms with van der Waals surface area (Å²) in [7, 11) is 2.71. The van der Waals surface area contributed by atoms with Gasteiger partial charge in [0.15, 0.2) is 5.75 Å². The highest BCUT2D eigenvalue weighted by Gasteiger charge is 2.50. The predicted octanol–water partition coefficient (Wildman–Crippen LogP) is 6.02. The molecule has 0 aliphatic carbocycles. The average molecular weight is 786 g/mol. The number of ketones is 1. The topological polar surface area (TPSA) is 198 Å². The van der Waals surface area contributed by atoms with Crippen molar-refractivity contribution in [2.45, 2.75) is 79.5 Å². The molecule has 4 aromatic rings. The number of nitrogens with one attached hydrogen (secondary N) is 1. The number of amides is 1. The van der Waals surface area contributed by atoms with Crippen LogP contribution in [0, 0.1) is 43.4 Å². The average Bonchev–Trinajstić information content (AvgIpc) is 3.68. The van der Waals surface area contributed by atoms with Gasteiger partial charge in [0.25, 0.3) is 11.7 Å². The Morgan fingerprint density at radius 1 is 0.965 bits per heavy atom. The van der Waals surface area contributed by atoms with Crippen molar-refractivity contribution in [3.05, 3.63) is 71.2 Å². The number of ether oxygens (including phenoxy) is 4. The molecule has 1 amide bonds. The Labute approximate surface area is 330 Å². The fourth-order valence-corrected chi connectivity index (χ4v) is 8.22. The number of anilines is 1. The highest BCUT2D eigenvalue weighted by molar-refractivity contribution is 6.28. The number of aliphatic hydroxyl groups is 2. The number of aryl methyl sites for hydroxylation is 1. The van der Waals surface area contributed by atoms with Crippen molar-refractivity contribution in [3.8, 4) is 17.2 Å². The third-order valence-electron chi connectivity index (χ3n) is 11.8. The number of methoxy groups -OCH3 is 2. The zero-order chi connectivity index (χ0) is 41.8. The summed E-state index contributed by atoms with van der Waals surface area (Å²) >= 11 is 0. The van der Waals surface area contributed by atoms with Gasteiger partial charge in [-0.2, -0.15) is 0 Å². The maximum absolute atomic E-state index is 14.6. The van der Waals surface area contributed by atoms with Crippen molar-refractivity contribution in [1.82, 2.24) is 9.38 Å². The Morgan fingerprint density at radius 2 is 1.67 bits per heavy atom. The van der Waals surface area contributed by atoms with Gasteiger partial charge in [0.1, 0.15) is 33.9 Å². The Balaban J connectivity index is 1.58. The number of esters is 1. The van der Waals surface area contributed by atoms with E-state index >= 15 is 0 Å². The van der Waals surface area contributed by atoms with Gasteiger partial charge in [0, 0.05) is 48.6 Å². The number of benzene rings is 2. The Bertz CT molecular complexity index is 2380. The number of allylic oxidation sites excluding steroid dienone is 2. The number of phenolic OH excluding ortho intramolecular Hbond substituents is 2. The Morgan fingerprint density at radius 3 is 2.33 bits per heavy atom. The number of hydrogen-bond donors (Lipinski definition) is 5. The molecule has 14 nitrogen and oxygen atoms in total. The first-order valence-corrected chi connectivity index (χ1v) is 18.9. The van der Waals surface area contributed by atoms with Crippen LogP contribution >= 0.6 is 0 Å². The van der Waals surface area contributed by atoms with Gasteiger partial charge in [-0.15, -0.1) is 0 Å². The molecule has 2 aromatic carbocycles. The van der Waals surface area contributed by atoms with Crippen LogP contribution in [0.5, 0.6) is 17.2 Å². The quantitative estimate of drug-likeness (QED) is 0.117. The van der Waals surface area contributed by atoms with Crippen LogP contribution in [0.15, 0.2) is 54.5 Å². The molecule has 4 bridgehead atoms. The Hall–Kier alpha value is -5.44. The summed E-state index contributed by atoms with van der Waals surface area (Å²) in [6, 6.07) is 3.64. The van der Waals surface area contributed by atoms with E-state index in [9.17, 15) is 34.8 Å². The minimum atomic E-state index is -1.97. The van der Waals surface area contributed by atoms with Crippen molar-refractivity contribution in [3.63, 3.8) is 0 Å². The fraction of sp³-hybridized carbons (Fsp3) is 0.442. The van der Waals surface area contributed by atoms with E-state index in [0.717, 1.165) is 5.56 Å². The van der Waals surface area contributed by atoms with Crippen LogP contribution < -0.4 is 10.1 Å². The first-order valence-electron chi connectivity index (χ1n) is 18.9. The summed E-state index contributed by atoms with van der Waals surface area (Å²) in [5.41, 5.74) is 2.16. The van der Waals surface area contributed by atoms with Crippen LogP contribution in [0.4, 0.5) is 5.69 Å². The number of imidazole rings is 1. The van der Waals surface area contributed by atoms with Gasteiger partial charge >= 0.3 is 11.8 Å². The van der Waals surface area contributed by atoms with Gasteiger partial charge < -0.3 is 44.7 Å². The maximum Gasteiger partial charge on any atom is 0.312 e. The number of fused-ring (bicyclic) bond motifs is 2. The van der Waals surface area contributed by atoms with Crippen molar-refractivity contribution in [2.75, 3.05) is 19.5 Å². The molecule has 2 aliphatic heterocycles. The molecule has 0 saturated heterocycles. The largest absolute Gasteiger partial charge is 0.507 e. The van der Waals surface area contributed by atoms with E-state index in [4.69, 9.17) is 23.9 Å². The molecular weight excluding hydrogens is 734 g/mol.